The zero-order valence-corrected chi connectivity index (χ0v) is 16.0. The Morgan fingerprint density at radius 2 is 1.85 bits per heavy atom. The van der Waals surface area contributed by atoms with Crippen LogP contribution >= 0.6 is 15.9 Å². The van der Waals surface area contributed by atoms with Gasteiger partial charge in [0.1, 0.15) is 24.1 Å². The molecule has 1 aromatic carbocycles. The molecule has 5 atom stereocenters. The first-order valence-corrected chi connectivity index (χ1v) is 8.83. The van der Waals surface area contributed by atoms with Crippen LogP contribution in [-0.4, -0.2) is 53.0 Å². The summed E-state index contributed by atoms with van der Waals surface area (Å²) in [6.07, 6.45) is -2.06. The summed E-state index contributed by atoms with van der Waals surface area (Å²) in [5, 5.41) is 21.2. The van der Waals surface area contributed by atoms with Gasteiger partial charge in [-0.05, 0) is 31.2 Å². The summed E-state index contributed by atoms with van der Waals surface area (Å²) in [4.78, 5) is 36.8. The number of esters is 3. The molecule has 1 aromatic rings. The van der Waals surface area contributed by atoms with E-state index >= 15 is 0 Å². The number of carbonyl (C=O) groups excluding carboxylic acids is 3. The maximum atomic E-state index is 12.5. The van der Waals surface area contributed by atoms with E-state index in [1.165, 1.54) is 19.1 Å². The van der Waals surface area contributed by atoms with Crippen molar-refractivity contribution in [2.24, 2.45) is 11.8 Å². The van der Waals surface area contributed by atoms with E-state index < -0.39 is 47.6 Å². The van der Waals surface area contributed by atoms with Gasteiger partial charge >= 0.3 is 17.9 Å². The van der Waals surface area contributed by atoms with Crippen molar-refractivity contribution >= 4 is 33.8 Å². The van der Waals surface area contributed by atoms with Gasteiger partial charge in [0.05, 0.1) is 30.1 Å². The van der Waals surface area contributed by atoms with E-state index in [2.05, 4.69) is 20.7 Å². The van der Waals surface area contributed by atoms with Gasteiger partial charge in [-0.2, -0.15) is 0 Å². The molecule has 1 aliphatic carbocycles. The zero-order chi connectivity index (χ0) is 19.9. The molecule has 9 heteroatoms. The number of cyclic esters (lactones) is 1. The molecule has 1 saturated carbocycles. The van der Waals surface area contributed by atoms with Gasteiger partial charge in [0, 0.05) is 4.47 Å². The van der Waals surface area contributed by atoms with Crippen LogP contribution in [0.25, 0.3) is 0 Å². The van der Waals surface area contributed by atoms with Gasteiger partial charge in [-0.3, -0.25) is 4.79 Å². The van der Waals surface area contributed by atoms with Gasteiger partial charge in [0.25, 0.3) is 0 Å². The van der Waals surface area contributed by atoms with Crippen molar-refractivity contribution in [3.63, 3.8) is 0 Å². The lowest BCUT2D eigenvalue weighted by Gasteiger charge is -2.30. The monoisotopic (exact) mass is 440 g/mol. The van der Waals surface area contributed by atoms with Gasteiger partial charge < -0.3 is 24.4 Å². The standard InChI is InChI=1S/C18H17BrO8/c1-18(24)12-11(10(16(22)25-2)7-26-17(12)23)13(14(18)20)27-15(21)8-3-5-9(19)6-4-8/h3-7,11-14,20,24H,1-2H3/t11-,12-,13+,14+,18-/m1/s1. The van der Waals surface area contributed by atoms with Gasteiger partial charge in [-0.15, -0.1) is 0 Å². The summed E-state index contributed by atoms with van der Waals surface area (Å²) in [5.74, 6) is -4.82. The molecule has 144 valence electrons. The van der Waals surface area contributed by atoms with Crippen LogP contribution in [0.5, 0.6) is 0 Å². The number of benzene rings is 1. The van der Waals surface area contributed by atoms with Crippen molar-refractivity contribution in [3.05, 3.63) is 46.1 Å². The average molecular weight is 441 g/mol. The lowest BCUT2D eigenvalue weighted by Crippen LogP contribution is -2.46. The molecule has 1 heterocycles. The molecule has 0 radical (unpaired) electrons. The second-order valence-electron chi connectivity index (χ2n) is 6.55. The maximum absolute atomic E-state index is 12.5. The summed E-state index contributed by atoms with van der Waals surface area (Å²) in [6.45, 7) is 1.23. The van der Waals surface area contributed by atoms with Crippen LogP contribution in [0.1, 0.15) is 17.3 Å². The van der Waals surface area contributed by atoms with Crippen molar-refractivity contribution in [3.8, 4) is 0 Å². The lowest BCUT2D eigenvalue weighted by molar-refractivity contribution is -0.158. The quantitative estimate of drug-likeness (QED) is 0.526. The van der Waals surface area contributed by atoms with Crippen LogP contribution in [0.3, 0.4) is 0 Å². The predicted octanol–water partition coefficient (Wildman–Crippen LogP) is 0.946. The van der Waals surface area contributed by atoms with Crippen molar-refractivity contribution in [1.29, 1.82) is 0 Å². The minimum absolute atomic E-state index is 0.104. The van der Waals surface area contributed by atoms with Crippen molar-refractivity contribution in [2.75, 3.05) is 7.11 Å². The van der Waals surface area contributed by atoms with Gasteiger partial charge in [0.2, 0.25) is 0 Å². The van der Waals surface area contributed by atoms with Crippen LogP contribution in [0.15, 0.2) is 40.6 Å². The molecular weight excluding hydrogens is 424 g/mol. The van der Waals surface area contributed by atoms with E-state index in [1.807, 2.05) is 0 Å². The fourth-order valence-electron chi connectivity index (χ4n) is 3.50. The fraction of sp³-hybridized carbons (Fsp3) is 0.389. The first-order chi connectivity index (χ1) is 12.7. The van der Waals surface area contributed by atoms with E-state index in [4.69, 9.17) is 9.47 Å². The Morgan fingerprint density at radius 1 is 1.22 bits per heavy atom. The second kappa shape index (κ2) is 7.06. The molecule has 27 heavy (non-hydrogen) atoms. The molecule has 3 rings (SSSR count). The van der Waals surface area contributed by atoms with E-state index in [0.717, 1.165) is 17.8 Å². The first kappa shape index (κ1) is 19.5. The molecule has 2 aliphatic rings. The Balaban J connectivity index is 1.97. The highest BCUT2D eigenvalue weighted by molar-refractivity contribution is 9.10. The molecule has 1 fully saturated rings. The Hall–Kier alpha value is -2.23. The van der Waals surface area contributed by atoms with Gasteiger partial charge in [-0.25, -0.2) is 9.59 Å². The third-order valence-corrected chi connectivity index (χ3v) is 5.44. The van der Waals surface area contributed by atoms with E-state index in [0.29, 0.717) is 0 Å². The zero-order valence-electron chi connectivity index (χ0n) is 14.4. The van der Waals surface area contributed by atoms with Crippen molar-refractivity contribution in [1.82, 2.24) is 0 Å². The molecule has 8 nitrogen and oxygen atoms in total. The highest BCUT2D eigenvalue weighted by atomic mass is 79.9. The largest absolute Gasteiger partial charge is 0.466 e. The molecule has 0 unspecified atom stereocenters. The minimum atomic E-state index is -1.97. The average Bonchev–Trinajstić information content (AvgIpc) is 2.83. The highest BCUT2D eigenvalue weighted by Crippen LogP contribution is 2.48. The number of carbonyl (C=O) groups is 3. The summed E-state index contributed by atoms with van der Waals surface area (Å²) in [7, 11) is 1.14. The van der Waals surface area contributed by atoms with Crippen LogP contribution in [0, 0.1) is 11.8 Å². The number of rotatable bonds is 3. The highest BCUT2D eigenvalue weighted by Gasteiger charge is 2.65. The summed E-state index contributed by atoms with van der Waals surface area (Å²) < 4.78 is 15.7. The number of halogens is 1. The van der Waals surface area contributed by atoms with E-state index in [-0.39, 0.29) is 11.1 Å². The van der Waals surface area contributed by atoms with Crippen LogP contribution in [0.4, 0.5) is 0 Å². The number of ether oxygens (including phenoxy) is 3. The molecule has 0 bridgehead atoms. The van der Waals surface area contributed by atoms with Crippen molar-refractivity contribution < 1.29 is 38.8 Å². The topological polar surface area (TPSA) is 119 Å². The van der Waals surface area contributed by atoms with Crippen LogP contribution in [-0.2, 0) is 23.8 Å². The number of aliphatic hydroxyl groups excluding tert-OH is 1. The predicted molar refractivity (Wildman–Crippen MR) is 93.1 cm³/mol. The number of methoxy groups -OCH3 is 1. The third kappa shape index (κ3) is 3.26. The molecule has 0 spiro atoms. The van der Waals surface area contributed by atoms with Crippen molar-refractivity contribution in [2.45, 2.75) is 24.7 Å². The normalized spacial score (nSPS) is 32.2. The van der Waals surface area contributed by atoms with Crippen LogP contribution < -0.4 is 0 Å². The lowest BCUT2D eigenvalue weighted by atomic mass is 9.81. The van der Waals surface area contributed by atoms with Crippen LogP contribution in [0.2, 0.25) is 0 Å². The Labute approximate surface area is 162 Å². The maximum Gasteiger partial charge on any atom is 0.338 e. The molecular formula is C18H17BrO8. The van der Waals surface area contributed by atoms with E-state index in [1.54, 1.807) is 12.1 Å². The first-order valence-electron chi connectivity index (χ1n) is 8.04. The Morgan fingerprint density at radius 3 is 2.44 bits per heavy atom. The number of fused-ring (bicyclic) bond motifs is 1. The summed E-state index contributed by atoms with van der Waals surface area (Å²) in [6, 6.07) is 6.29. The molecule has 0 aromatic heterocycles. The summed E-state index contributed by atoms with van der Waals surface area (Å²) in [5.41, 5.74) is -1.87. The van der Waals surface area contributed by atoms with Gasteiger partial charge in [0.15, 0.2) is 0 Å². The molecule has 0 saturated heterocycles. The second-order valence-corrected chi connectivity index (χ2v) is 7.47. The number of hydrogen-bond acceptors (Lipinski definition) is 8. The Kier molecular flexibility index (Phi) is 5.11. The van der Waals surface area contributed by atoms with Gasteiger partial charge in [-0.1, -0.05) is 15.9 Å². The molecule has 2 N–H and O–H groups in total. The fourth-order valence-corrected chi connectivity index (χ4v) is 3.76. The molecule has 1 aliphatic heterocycles. The Bertz CT molecular complexity index is 813. The number of hydrogen-bond donors (Lipinski definition) is 2. The SMILES string of the molecule is COC(=O)C1=COC(=O)[C@H]2[C@@H]1[C@H](OC(=O)c1ccc(Br)cc1)[C@H](O)[C@]2(C)O. The molecule has 0 amide bonds. The number of aliphatic hydroxyl groups is 2. The summed E-state index contributed by atoms with van der Waals surface area (Å²) >= 11 is 3.26. The minimum Gasteiger partial charge on any atom is -0.466 e. The smallest absolute Gasteiger partial charge is 0.338 e. The van der Waals surface area contributed by atoms with E-state index in [9.17, 15) is 24.6 Å². The third-order valence-electron chi connectivity index (χ3n) is 4.91.